The molecule has 0 bridgehead atoms. The van der Waals surface area contributed by atoms with E-state index in [2.05, 4.69) is 5.32 Å². The van der Waals surface area contributed by atoms with Crippen LogP contribution in [0.1, 0.15) is 51.4 Å². The van der Waals surface area contributed by atoms with E-state index >= 15 is 0 Å². The van der Waals surface area contributed by atoms with Crippen molar-refractivity contribution in [3.05, 3.63) is 0 Å². The Balaban J connectivity index is 1.76. The molecule has 0 aromatic rings. The third-order valence-electron chi connectivity index (χ3n) is 4.56. The smallest absolute Gasteiger partial charge is 0.237 e. The fourth-order valence-corrected chi connectivity index (χ4v) is 3.22. The van der Waals surface area contributed by atoms with Crippen LogP contribution in [0.5, 0.6) is 0 Å². The first-order valence-electron chi connectivity index (χ1n) is 7.36. The molecule has 1 aliphatic heterocycles. The number of rotatable bonds is 5. The Labute approximate surface area is 110 Å². The highest BCUT2D eigenvalue weighted by molar-refractivity contribution is 5.84. The van der Waals surface area contributed by atoms with E-state index in [9.17, 15) is 4.79 Å². The molecule has 18 heavy (non-hydrogen) atoms. The predicted octanol–water partition coefficient (Wildman–Crippen LogP) is 1.58. The molecule has 0 unspecified atom stereocenters. The SMILES string of the molecule is NC(=O)C1(NCCC2CCCCC2)CCOCC1. The minimum Gasteiger partial charge on any atom is -0.381 e. The Bertz CT molecular complexity index is 269. The van der Waals surface area contributed by atoms with Crippen molar-refractivity contribution in [1.82, 2.24) is 5.32 Å². The van der Waals surface area contributed by atoms with E-state index in [4.69, 9.17) is 10.5 Å². The highest BCUT2D eigenvalue weighted by atomic mass is 16.5. The molecule has 1 saturated carbocycles. The van der Waals surface area contributed by atoms with Crippen LogP contribution in [0.15, 0.2) is 0 Å². The summed E-state index contributed by atoms with van der Waals surface area (Å²) in [6.07, 6.45) is 9.46. The number of nitrogens with one attached hydrogen (secondary N) is 1. The van der Waals surface area contributed by atoms with Gasteiger partial charge in [-0.3, -0.25) is 4.79 Å². The van der Waals surface area contributed by atoms with Crippen LogP contribution in [0, 0.1) is 5.92 Å². The van der Waals surface area contributed by atoms with Crippen molar-refractivity contribution in [2.45, 2.75) is 56.9 Å². The van der Waals surface area contributed by atoms with Gasteiger partial charge in [0.15, 0.2) is 0 Å². The summed E-state index contributed by atoms with van der Waals surface area (Å²) < 4.78 is 5.32. The van der Waals surface area contributed by atoms with E-state index in [0.717, 1.165) is 12.5 Å². The Hall–Kier alpha value is -0.610. The van der Waals surface area contributed by atoms with Crippen molar-refractivity contribution < 1.29 is 9.53 Å². The van der Waals surface area contributed by atoms with Gasteiger partial charge in [0.25, 0.3) is 0 Å². The maximum Gasteiger partial charge on any atom is 0.237 e. The van der Waals surface area contributed by atoms with Crippen molar-refractivity contribution in [1.29, 1.82) is 0 Å². The fraction of sp³-hybridized carbons (Fsp3) is 0.929. The van der Waals surface area contributed by atoms with Crippen LogP contribution in [0.25, 0.3) is 0 Å². The molecule has 2 fully saturated rings. The monoisotopic (exact) mass is 254 g/mol. The zero-order valence-corrected chi connectivity index (χ0v) is 11.2. The second-order valence-electron chi connectivity index (χ2n) is 5.78. The molecule has 3 N–H and O–H groups in total. The van der Waals surface area contributed by atoms with Gasteiger partial charge in [0, 0.05) is 13.2 Å². The molecule has 1 aliphatic carbocycles. The van der Waals surface area contributed by atoms with E-state index in [0.29, 0.717) is 26.1 Å². The minimum absolute atomic E-state index is 0.213. The van der Waals surface area contributed by atoms with Gasteiger partial charge in [0.05, 0.1) is 0 Å². The summed E-state index contributed by atoms with van der Waals surface area (Å²) in [7, 11) is 0. The summed E-state index contributed by atoms with van der Waals surface area (Å²) in [6, 6.07) is 0. The van der Waals surface area contributed by atoms with Crippen molar-refractivity contribution in [2.75, 3.05) is 19.8 Å². The molecule has 0 aromatic carbocycles. The standard InChI is InChI=1S/C14H26N2O2/c15-13(17)14(7-10-18-11-8-14)16-9-6-12-4-2-1-3-5-12/h12,16H,1-11H2,(H2,15,17). The third kappa shape index (κ3) is 3.45. The van der Waals surface area contributed by atoms with Gasteiger partial charge in [-0.05, 0) is 31.7 Å². The summed E-state index contributed by atoms with van der Waals surface area (Å²) in [5.41, 5.74) is 5.06. The number of hydrogen-bond acceptors (Lipinski definition) is 3. The molecule has 104 valence electrons. The summed E-state index contributed by atoms with van der Waals surface area (Å²) in [6.45, 7) is 2.19. The molecule has 2 rings (SSSR count). The van der Waals surface area contributed by atoms with Crippen LogP contribution in [0.2, 0.25) is 0 Å². The first-order chi connectivity index (χ1) is 8.73. The second-order valence-corrected chi connectivity index (χ2v) is 5.78. The van der Waals surface area contributed by atoms with Crippen molar-refractivity contribution in [3.8, 4) is 0 Å². The van der Waals surface area contributed by atoms with Gasteiger partial charge in [-0.1, -0.05) is 32.1 Å². The van der Waals surface area contributed by atoms with E-state index in [1.165, 1.54) is 38.5 Å². The topological polar surface area (TPSA) is 64.4 Å². The van der Waals surface area contributed by atoms with Crippen LogP contribution in [-0.4, -0.2) is 31.2 Å². The van der Waals surface area contributed by atoms with Crippen molar-refractivity contribution in [3.63, 3.8) is 0 Å². The Morgan fingerprint density at radius 3 is 2.50 bits per heavy atom. The zero-order chi connectivity index (χ0) is 12.8. The minimum atomic E-state index is -0.507. The first-order valence-corrected chi connectivity index (χ1v) is 7.36. The molecule has 1 amide bonds. The number of hydrogen-bond donors (Lipinski definition) is 2. The Kier molecular flexibility index (Phi) is 5.01. The van der Waals surface area contributed by atoms with Crippen molar-refractivity contribution >= 4 is 5.91 Å². The average molecular weight is 254 g/mol. The third-order valence-corrected chi connectivity index (χ3v) is 4.56. The van der Waals surface area contributed by atoms with Gasteiger partial charge in [-0.15, -0.1) is 0 Å². The lowest BCUT2D eigenvalue weighted by atomic mass is 9.85. The number of nitrogens with two attached hydrogens (primary N) is 1. The second kappa shape index (κ2) is 6.53. The van der Waals surface area contributed by atoms with Crippen molar-refractivity contribution in [2.24, 2.45) is 11.7 Å². The van der Waals surface area contributed by atoms with Crippen LogP contribution in [0.3, 0.4) is 0 Å². The summed E-state index contributed by atoms with van der Waals surface area (Å²) in [5, 5.41) is 3.43. The van der Waals surface area contributed by atoms with Gasteiger partial charge in [-0.2, -0.15) is 0 Å². The van der Waals surface area contributed by atoms with Crippen LogP contribution < -0.4 is 11.1 Å². The van der Waals surface area contributed by atoms with E-state index < -0.39 is 5.54 Å². The average Bonchev–Trinajstić information content (AvgIpc) is 2.41. The number of primary amides is 1. The normalized spacial score (nSPS) is 24.9. The van der Waals surface area contributed by atoms with Crippen LogP contribution in [0.4, 0.5) is 0 Å². The summed E-state index contributed by atoms with van der Waals surface area (Å²) >= 11 is 0. The molecule has 4 heteroatoms. The van der Waals surface area contributed by atoms with Gasteiger partial charge in [-0.25, -0.2) is 0 Å². The number of ether oxygens (including phenoxy) is 1. The van der Waals surface area contributed by atoms with Gasteiger partial charge >= 0.3 is 0 Å². The fourth-order valence-electron chi connectivity index (χ4n) is 3.22. The molecule has 1 saturated heterocycles. The molecule has 0 spiro atoms. The van der Waals surface area contributed by atoms with Gasteiger partial charge < -0.3 is 15.8 Å². The summed E-state index contributed by atoms with van der Waals surface area (Å²) in [5.74, 6) is 0.630. The molecular weight excluding hydrogens is 228 g/mol. The molecule has 1 heterocycles. The Morgan fingerprint density at radius 1 is 1.22 bits per heavy atom. The number of carbonyl (C=O) groups excluding carboxylic acids is 1. The quantitative estimate of drug-likeness (QED) is 0.783. The number of carbonyl (C=O) groups is 1. The van der Waals surface area contributed by atoms with Crippen LogP contribution >= 0.6 is 0 Å². The summed E-state index contributed by atoms with van der Waals surface area (Å²) in [4.78, 5) is 11.7. The highest BCUT2D eigenvalue weighted by Crippen LogP contribution is 2.26. The predicted molar refractivity (Wildman–Crippen MR) is 71.2 cm³/mol. The molecular formula is C14H26N2O2. The lowest BCUT2D eigenvalue weighted by Crippen LogP contribution is -2.58. The van der Waals surface area contributed by atoms with Crippen LogP contribution in [-0.2, 0) is 9.53 Å². The highest BCUT2D eigenvalue weighted by Gasteiger charge is 2.37. The molecule has 0 atom stereocenters. The lowest BCUT2D eigenvalue weighted by Gasteiger charge is -2.35. The number of amides is 1. The lowest BCUT2D eigenvalue weighted by molar-refractivity contribution is -0.128. The van der Waals surface area contributed by atoms with Gasteiger partial charge in [0.2, 0.25) is 5.91 Å². The molecule has 0 radical (unpaired) electrons. The molecule has 2 aliphatic rings. The molecule has 0 aromatic heterocycles. The maximum absolute atomic E-state index is 11.7. The maximum atomic E-state index is 11.7. The Morgan fingerprint density at radius 2 is 1.89 bits per heavy atom. The molecule has 4 nitrogen and oxygen atoms in total. The first kappa shape index (κ1) is 13.8. The van der Waals surface area contributed by atoms with E-state index in [-0.39, 0.29) is 5.91 Å². The van der Waals surface area contributed by atoms with Gasteiger partial charge in [0.1, 0.15) is 5.54 Å². The van der Waals surface area contributed by atoms with E-state index in [1.54, 1.807) is 0 Å². The van der Waals surface area contributed by atoms with E-state index in [1.807, 2.05) is 0 Å². The largest absolute Gasteiger partial charge is 0.381 e. The zero-order valence-electron chi connectivity index (χ0n) is 11.2.